The van der Waals surface area contributed by atoms with Crippen LogP contribution in [0.25, 0.3) is 66.7 Å². The fourth-order valence-corrected chi connectivity index (χ4v) is 10.5. The molecule has 0 radical (unpaired) electrons. The number of aryl methyl sites for hydroxylation is 2. The van der Waals surface area contributed by atoms with Crippen molar-refractivity contribution >= 4 is 44.1 Å². The van der Waals surface area contributed by atoms with E-state index in [1.807, 2.05) is 49.5 Å². The summed E-state index contributed by atoms with van der Waals surface area (Å²) in [5.74, 6) is 3.11. The molecule has 0 saturated heterocycles. The number of benzene rings is 2. The number of aromatic nitrogens is 4. The van der Waals surface area contributed by atoms with Crippen LogP contribution in [0, 0.1) is 37.4 Å². The van der Waals surface area contributed by atoms with Gasteiger partial charge in [0, 0.05) is 61.9 Å². The zero-order chi connectivity index (χ0) is 43.8. The van der Waals surface area contributed by atoms with Gasteiger partial charge in [0.25, 0.3) is 0 Å². The summed E-state index contributed by atoms with van der Waals surface area (Å²) in [4.78, 5) is 18.1. The molecule has 0 N–H and O–H groups in total. The Hall–Kier alpha value is -4.40. The van der Waals surface area contributed by atoms with Gasteiger partial charge in [0.2, 0.25) is 11.4 Å². The summed E-state index contributed by atoms with van der Waals surface area (Å²) in [6.07, 6.45) is 13.9. The van der Waals surface area contributed by atoms with Crippen molar-refractivity contribution in [3.63, 3.8) is 0 Å². The van der Waals surface area contributed by atoms with E-state index in [0.717, 1.165) is 92.0 Å². The first kappa shape index (κ1) is 38.3. The fourth-order valence-electron chi connectivity index (χ4n) is 10.5. The van der Waals surface area contributed by atoms with Gasteiger partial charge in [-0.15, -0.1) is 5.60 Å². The maximum Gasteiger partial charge on any atom is 1.00 e. The van der Waals surface area contributed by atoms with E-state index in [-0.39, 0.29) is 42.7 Å². The molecule has 61 heavy (non-hydrogen) atoms. The summed E-state index contributed by atoms with van der Waals surface area (Å²) in [5, 5.41) is 14.0. The molecule has 12 rings (SSSR count). The molecule has 4 saturated carbocycles. The van der Waals surface area contributed by atoms with E-state index in [1.54, 1.807) is 33.0 Å². The van der Waals surface area contributed by atoms with Gasteiger partial charge >= 0.3 is 29.6 Å². The number of nitrogens with zero attached hydrogens (tertiary/aromatic N) is 4. The fraction of sp³-hybridized carbons (Fsp3) is 0.396. The van der Waals surface area contributed by atoms with Crippen molar-refractivity contribution in [3.8, 4) is 22.5 Å². The van der Waals surface area contributed by atoms with Crippen LogP contribution in [0.2, 0.25) is 0 Å². The molecule has 308 valence electrons. The third-order valence-corrected chi connectivity index (χ3v) is 13.0. The molecule has 7 nitrogen and oxygen atoms in total. The molecule has 4 aliphatic rings. The van der Waals surface area contributed by atoms with Gasteiger partial charge in [0.05, 0.1) is 11.4 Å². The third-order valence-electron chi connectivity index (χ3n) is 13.0. The molecule has 0 aliphatic heterocycles. The Labute approximate surface area is 387 Å². The summed E-state index contributed by atoms with van der Waals surface area (Å²) in [7, 11) is 0. The van der Waals surface area contributed by atoms with Crippen molar-refractivity contribution in [2.45, 2.75) is 111 Å². The molecule has 6 aromatic heterocycles. The second-order valence-electron chi connectivity index (χ2n) is 18.3. The summed E-state index contributed by atoms with van der Waals surface area (Å²) >= 11 is 0. The summed E-state index contributed by atoms with van der Waals surface area (Å²) < 4.78 is 44.3. The first-order valence-electron chi connectivity index (χ1n) is 23.3. The molecular weight excluding hydrogens is 764 g/mol. The third kappa shape index (κ3) is 8.69. The average Bonchev–Trinajstić information content (AvgIpc) is 4.13. The molecule has 8 aromatic rings. The van der Waals surface area contributed by atoms with E-state index < -0.39 is 18.3 Å². The second-order valence-corrected chi connectivity index (χ2v) is 18.3. The minimum absolute atomic E-state index is 0. The Morgan fingerprint density at radius 2 is 1.16 bits per heavy atom. The number of furan rings is 2. The summed E-state index contributed by atoms with van der Waals surface area (Å²) in [6, 6.07) is 28.2. The van der Waals surface area contributed by atoms with Crippen molar-refractivity contribution in [1.29, 1.82) is 0 Å². The van der Waals surface area contributed by atoms with Gasteiger partial charge in [-0.3, -0.25) is 9.97 Å². The normalized spacial score (nSPS) is 24.8. The largest absolute Gasteiger partial charge is 1.00 e. The Morgan fingerprint density at radius 1 is 0.639 bits per heavy atom. The number of rotatable bonds is 4. The van der Waals surface area contributed by atoms with Crippen LogP contribution in [-0.2, 0) is 0 Å². The van der Waals surface area contributed by atoms with Crippen LogP contribution >= 0.6 is 0 Å². The molecule has 2 aromatic carbocycles. The summed E-state index contributed by atoms with van der Waals surface area (Å²) in [6.45, 7) is 4.61. The zero-order valence-corrected chi connectivity index (χ0v) is 37.3. The van der Waals surface area contributed by atoms with Crippen molar-refractivity contribution in [2.24, 2.45) is 23.7 Å². The number of hydrogen-bond donors (Lipinski definition) is 0. The number of pyridine rings is 4. The minimum Gasteiger partial charge on any atom is -0.850 e. The van der Waals surface area contributed by atoms with Gasteiger partial charge in [-0.25, -0.2) is 9.97 Å². The Kier molecular flexibility index (Phi) is 10.9. The van der Waals surface area contributed by atoms with Gasteiger partial charge in [-0.05, 0) is 160 Å². The van der Waals surface area contributed by atoms with Crippen molar-refractivity contribution in [2.75, 3.05) is 0 Å². The molecule has 6 heterocycles. The predicted molar refractivity (Wildman–Crippen MR) is 242 cm³/mol. The van der Waals surface area contributed by atoms with E-state index >= 15 is 0 Å². The smallest absolute Gasteiger partial charge is 0.850 e. The van der Waals surface area contributed by atoms with Crippen LogP contribution in [0.4, 0.5) is 0 Å². The topological polar surface area (TPSA) is 101 Å². The van der Waals surface area contributed by atoms with E-state index in [4.69, 9.17) is 17.9 Å². The SMILES string of the molecule is C.CC(C)(C)[O-].Cc1ccc2c(n1)oc1c(-c3cc(C4CC5CCC4C5)ccn3)cccc12.[2H]C([2H])([2H])c1ccc2c(n1)oc1c(-c3cc(C4([2H])CC5CCC4C5)ccn3)cccc12.[Na+]. The van der Waals surface area contributed by atoms with Gasteiger partial charge < -0.3 is 13.9 Å². The quantitative estimate of drug-likeness (QED) is 0.163. The van der Waals surface area contributed by atoms with Gasteiger partial charge in [-0.2, -0.15) is 0 Å². The van der Waals surface area contributed by atoms with E-state index in [2.05, 4.69) is 51.4 Å². The number of fused-ring (bicyclic) bond motifs is 10. The van der Waals surface area contributed by atoms with Crippen LogP contribution in [-0.4, -0.2) is 25.5 Å². The monoisotopic (exact) mass is 824 g/mol. The van der Waals surface area contributed by atoms with E-state index in [1.165, 1.54) is 43.7 Å². The Morgan fingerprint density at radius 3 is 1.69 bits per heavy atom. The molecule has 4 aliphatic carbocycles. The average molecular weight is 825 g/mol. The van der Waals surface area contributed by atoms with Crippen molar-refractivity contribution < 1.29 is 49.0 Å². The van der Waals surface area contributed by atoms with Gasteiger partial charge in [-0.1, -0.05) is 65.3 Å². The van der Waals surface area contributed by atoms with Crippen LogP contribution < -0.4 is 34.7 Å². The predicted octanol–water partition coefficient (Wildman–Crippen LogP) is 10.3. The van der Waals surface area contributed by atoms with Crippen LogP contribution in [0.15, 0.2) is 106 Å². The zero-order valence-electron chi connectivity index (χ0n) is 39.3. The second kappa shape index (κ2) is 17.4. The molecule has 0 spiro atoms. The number of hydrogen-bond acceptors (Lipinski definition) is 7. The van der Waals surface area contributed by atoms with Crippen molar-refractivity contribution in [3.05, 3.63) is 120 Å². The molecule has 4 fully saturated rings. The minimum atomic E-state index is -2.28. The maximum absolute atomic E-state index is 10.1. The molecule has 0 amide bonds. The molecule has 4 bridgehead atoms. The van der Waals surface area contributed by atoms with E-state index in [9.17, 15) is 6.48 Å². The molecule has 6 atom stereocenters. The van der Waals surface area contributed by atoms with Crippen LogP contribution in [0.1, 0.15) is 119 Å². The molecule has 8 heteroatoms. The standard InChI is InChI=1S/2C24H22N2O.C4H9O.CH4.Na/c2*1-14-5-8-19-18-3-2-4-20(23(18)27-24(19)26-14)22-13-17(9-10-25-22)21-12-15-6-7-16(21)11-15;1-4(2,3)5;;/h2*2-5,8-10,13,15-16,21H,6-7,11-12H2,1H3;1-3H3;1H4;/q;;-1;;+1/i1D3,21D;;;;. The first-order chi connectivity index (χ1) is 30.1. The van der Waals surface area contributed by atoms with E-state index in [0.29, 0.717) is 34.8 Å². The molecule has 6 unspecified atom stereocenters. The first-order valence-corrected chi connectivity index (χ1v) is 21.3. The Balaban J connectivity index is 0.000000157. The number of para-hydroxylation sites is 2. The Bertz CT molecular complexity index is 3010. The van der Waals surface area contributed by atoms with Gasteiger partial charge in [0.1, 0.15) is 11.2 Å². The maximum atomic E-state index is 10.1. The van der Waals surface area contributed by atoms with Crippen LogP contribution in [0.3, 0.4) is 0 Å². The van der Waals surface area contributed by atoms with Crippen molar-refractivity contribution in [1.82, 2.24) is 19.9 Å². The van der Waals surface area contributed by atoms with Crippen LogP contribution in [0.5, 0.6) is 0 Å². The molecular formula is C53H57N4NaO3. The van der Waals surface area contributed by atoms with Gasteiger partial charge in [0.15, 0.2) is 0 Å². The summed E-state index contributed by atoms with van der Waals surface area (Å²) in [5.41, 5.74) is 8.96.